The highest BCUT2D eigenvalue weighted by Gasteiger charge is 2.48. The van der Waals surface area contributed by atoms with Gasteiger partial charge in [-0.3, -0.25) is 19.7 Å². The summed E-state index contributed by atoms with van der Waals surface area (Å²) in [5.74, 6) is -0.932. The van der Waals surface area contributed by atoms with Gasteiger partial charge in [0.15, 0.2) is 11.9 Å². The van der Waals surface area contributed by atoms with E-state index in [9.17, 15) is 19.7 Å². The van der Waals surface area contributed by atoms with Gasteiger partial charge in [-0.1, -0.05) is 24.3 Å². The lowest BCUT2D eigenvalue weighted by molar-refractivity contribution is -0.538. The molecule has 1 aromatic carbocycles. The van der Waals surface area contributed by atoms with E-state index in [2.05, 4.69) is 0 Å². The number of thiophene rings is 1. The zero-order valence-electron chi connectivity index (χ0n) is 14.7. The molecule has 0 fully saturated rings. The van der Waals surface area contributed by atoms with Crippen molar-refractivity contribution in [3.63, 3.8) is 0 Å². The Morgan fingerprint density at radius 1 is 1.22 bits per heavy atom. The molecule has 8 heteroatoms. The highest BCUT2D eigenvalue weighted by Crippen LogP contribution is 2.41. The van der Waals surface area contributed by atoms with Crippen LogP contribution < -0.4 is 4.74 Å². The predicted octanol–water partition coefficient (Wildman–Crippen LogP) is 3.46. The van der Waals surface area contributed by atoms with Crippen LogP contribution in [0, 0.1) is 10.1 Å². The Kier molecular flexibility index (Phi) is 5.85. The van der Waals surface area contributed by atoms with Crippen LogP contribution in [-0.4, -0.2) is 35.4 Å². The van der Waals surface area contributed by atoms with Crippen LogP contribution in [0.5, 0.6) is 5.75 Å². The maximum Gasteiger partial charge on any atom is 0.309 e. The number of hydrogen-bond donors (Lipinski definition) is 0. The van der Waals surface area contributed by atoms with Gasteiger partial charge in [0.2, 0.25) is 0 Å². The largest absolute Gasteiger partial charge is 0.482 e. The number of para-hydroxylation sites is 1. The van der Waals surface area contributed by atoms with Gasteiger partial charge in [-0.15, -0.1) is 11.3 Å². The molecule has 0 saturated heterocycles. The predicted molar refractivity (Wildman–Crippen MR) is 98.9 cm³/mol. The molecule has 3 rings (SSSR count). The molecule has 0 spiro atoms. The molecule has 1 aliphatic heterocycles. The van der Waals surface area contributed by atoms with Crippen molar-refractivity contribution in [2.24, 2.45) is 0 Å². The molecule has 3 atom stereocenters. The molecule has 0 bridgehead atoms. The van der Waals surface area contributed by atoms with Gasteiger partial charge < -0.3 is 9.47 Å². The van der Waals surface area contributed by atoms with Crippen LogP contribution >= 0.6 is 11.3 Å². The average molecular weight is 389 g/mol. The van der Waals surface area contributed by atoms with Gasteiger partial charge in [-0.25, -0.2) is 0 Å². The molecule has 0 radical (unpaired) electrons. The molecule has 2 aromatic rings. The molecule has 0 unspecified atom stereocenters. The fourth-order valence-electron chi connectivity index (χ4n) is 3.37. The molecule has 7 nitrogen and oxygen atoms in total. The second-order valence-electron chi connectivity index (χ2n) is 6.19. The van der Waals surface area contributed by atoms with Crippen molar-refractivity contribution in [1.29, 1.82) is 0 Å². The minimum Gasteiger partial charge on any atom is -0.482 e. The summed E-state index contributed by atoms with van der Waals surface area (Å²) >= 11 is 1.30. The highest BCUT2D eigenvalue weighted by molar-refractivity contribution is 7.12. The second kappa shape index (κ2) is 8.30. The third-order valence-electron chi connectivity index (χ3n) is 4.51. The van der Waals surface area contributed by atoms with Crippen LogP contribution in [0.15, 0.2) is 41.8 Å². The first-order chi connectivity index (χ1) is 13.0. The van der Waals surface area contributed by atoms with Gasteiger partial charge in [0, 0.05) is 16.9 Å². The highest BCUT2D eigenvalue weighted by atomic mass is 32.1. The molecule has 0 amide bonds. The molecule has 0 saturated carbocycles. The van der Waals surface area contributed by atoms with Crippen molar-refractivity contribution in [1.82, 2.24) is 0 Å². The van der Waals surface area contributed by atoms with E-state index in [1.54, 1.807) is 48.7 Å². The average Bonchev–Trinajstić information content (AvgIpc) is 3.16. The van der Waals surface area contributed by atoms with Crippen LogP contribution in [-0.2, 0) is 9.53 Å². The quantitative estimate of drug-likeness (QED) is 0.311. The van der Waals surface area contributed by atoms with Crippen molar-refractivity contribution in [2.75, 3.05) is 6.61 Å². The van der Waals surface area contributed by atoms with Crippen molar-refractivity contribution in [3.05, 3.63) is 62.3 Å². The van der Waals surface area contributed by atoms with Crippen LogP contribution in [0.25, 0.3) is 0 Å². The summed E-state index contributed by atoms with van der Waals surface area (Å²) in [6.45, 7) is 1.86. The second-order valence-corrected chi connectivity index (χ2v) is 7.14. The zero-order chi connectivity index (χ0) is 19.4. The van der Waals surface area contributed by atoms with Gasteiger partial charge in [-0.05, 0) is 24.4 Å². The van der Waals surface area contributed by atoms with Crippen LogP contribution in [0.3, 0.4) is 0 Å². The smallest absolute Gasteiger partial charge is 0.309 e. The van der Waals surface area contributed by atoms with Gasteiger partial charge >= 0.3 is 5.97 Å². The lowest BCUT2D eigenvalue weighted by Crippen LogP contribution is -2.47. The van der Waals surface area contributed by atoms with E-state index in [1.807, 2.05) is 0 Å². The molecule has 1 aliphatic rings. The molecular weight excluding hydrogens is 370 g/mol. The number of esters is 1. The number of nitrogens with zero attached hydrogens (tertiary/aromatic N) is 1. The van der Waals surface area contributed by atoms with Crippen molar-refractivity contribution in [2.45, 2.75) is 37.8 Å². The van der Waals surface area contributed by atoms with E-state index in [0.29, 0.717) is 16.2 Å². The van der Waals surface area contributed by atoms with E-state index in [-0.39, 0.29) is 25.2 Å². The van der Waals surface area contributed by atoms with E-state index in [1.165, 1.54) is 11.3 Å². The Balaban J connectivity index is 1.94. The van der Waals surface area contributed by atoms with E-state index in [0.717, 1.165) is 0 Å². The number of benzene rings is 1. The summed E-state index contributed by atoms with van der Waals surface area (Å²) in [5.41, 5.74) is 0.615. The number of ether oxygens (including phenoxy) is 2. The molecule has 1 aromatic heterocycles. The first-order valence-corrected chi connectivity index (χ1v) is 9.50. The number of carbonyl (C=O) groups excluding carboxylic acids is 2. The normalized spacial score (nSPS) is 21.0. The lowest BCUT2D eigenvalue weighted by atomic mass is 9.81. The Bertz CT molecular complexity index is 834. The van der Waals surface area contributed by atoms with Gasteiger partial charge in [0.05, 0.1) is 23.8 Å². The van der Waals surface area contributed by atoms with Crippen LogP contribution in [0.4, 0.5) is 0 Å². The fourth-order valence-corrected chi connectivity index (χ4v) is 4.04. The zero-order valence-corrected chi connectivity index (χ0v) is 15.5. The molecular formula is C19H19NO6S. The molecule has 27 heavy (non-hydrogen) atoms. The van der Waals surface area contributed by atoms with Crippen molar-refractivity contribution in [3.8, 4) is 5.75 Å². The third kappa shape index (κ3) is 4.16. The summed E-state index contributed by atoms with van der Waals surface area (Å²) in [6.07, 6.45) is -1.25. The molecule has 0 N–H and O–H groups in total. The topological polar surface area (TPSA) is 95.7 Å². The van der Waals surface area contributed by atoms with Crippen molar-refractivity contribution >= 4 is 23.1 Å². The Morgan fingerprint density at radius 2 is 2.00 bits per heavy atom. The Labute approximate surface area is 160 Å². The number of fused-ring (bicyclic) bond motifs is 1. The minimum absolute atomic E-state index is 0.0220. The number of nitro groups is 1. The summed E-state index contributed by atoms with van der Waals surface area (Å²) in [5, 5.41) is 13.6. The lowest BCUT2D eigenvalue weighted by Gasteiger charge is -2.33. The Morgan fingerprint density at radius 3 is 2.67 bits per heavy atom. The maximum absolute atomic E-state index is 12.6. The minimum atomic E-state index is -1.21. The summed E-state index contributed by atoms with van der Waals surface area (Å²) in [7, 11) is 0. The summed E-state index contributed by atoms with van der Waals surface area (Å²) in [4.78, 5) is 36.5. The van der Waals surface area contributed by atoms with Crippen LogP contribution in [0.1, 0.15) is 40.9 Å². The molecule has 2 heterocycles. The monoisotopic (exact) mass is 389 g/mol. The Hall–Kier alpha value is -2.74. The molecule has 142 valence electrons. The van der Waals surface area contributed by atoms with Gasteiger partial charge in [0.25, 0.3) is 6.04 Å². The first kappa shape index (κ1) is 19.0. The number of ketones is 1. The maximum atomic E-state index is 12.6. The van der Waals surface area contributed by atoms with Gasteiger partial charge in [0.1, 0.15) is 5.75 Å². The number of carbonyl (C=O) groups is 2. The standard InChI is InChI=1S/C19H19NO6S/c1-2-25-18(22)11-16-19(20(23)24)13(10-14(21)17-8-5-9-27-17)12-6-3-4-7-15(12)26-16/h3-9,13,16,19H,2,10-11H2,1H3/t13-,16+,19+/m1/s1. The number of hydrogen-bond acceptors (Lipinski definition) is 7. The SMILES string of the molecule is CCOC(=O)C[C@@H]1Oc2ccccc2[C@@H](CC(=O)c2cccs2)[C@@H]1[N+](=O)[O-]. The third-order valence-corrected chi connectivity index (χ3v) is 5.42. The van der Waals surface area contributed by atoms with Crippen LogP contribution in [0.2, 0.25) is 0 Å². The van der Waals surface area contributed by atoms with Gasteiger partial charge in [-0.2, -0.15) is 0 Å². The number of rotatable bonds is 7. The number of Topliss-reactive ketones (excluding diaryl/α,β-unsaturated/α-hetero) is 1. The summed E-state index contributed by atoms with van der Waals surface area (Å²) < 4.78 is 10.7. The fraction of sp³-hybridized carbons (Fsp3) is 0.368. The van der Waals surface area contributed by atoms with E-state index >= 15 is 0 Å². The van der Waals surface area contributed by atoms with E-state index in [4.69, 9.17) is 9.47 Å². The van der Waals surface area contributed by atoms with Crippen molar-refractivity contribution < 1.29 is 24.0 Å². The van der Waals surface area contributed by atoms with E-state index < -0.39 is 29.0 Å². The summed E-state index contributed by atoms with van der Waals surface area (Å²) in [6, 6.07) is 9.21. The molecule has 0 aliphatic carbocycles. The first-order valence-electron chi connectivity index (χ1n) is 8.62.